The lowest BCUT2D eigenvalue weighted by Crippen LogP contribution is -2.51. The second-order valence-corrected chi connectivity index (χ2v) is 11.4. The van der Waals surface area contributed by atoms with Crippen LogP contribution in [-0.4, -0.2) is 50.5 Å². The van der Waals surface area contributed by atoms with Crippen molar-refractivity contribution in [3.8, 4) is 17.0 Å². The summed E-state index contributed by atoms with van der Waals surface area (Å²) in [5.74, 6) is 0.459. The number of amides is 1. The number of nitrogens with zero attached hydrogens (tertiary/aromatic N) is 2. The molecule has 0 radical (unpaired) electrons. The summed E-state index contributed by atoms with van der Waals surface area (Å²) in [6.07, 6.45) is 2.27. The summed E-state index contributed by atoms with van der Waals surface area (Å²) in [4.78, 5) is 19.4. The molecule has 0 unspecified atom stereocenters. The Balaban J connectivity index is 1.45. The maximum atomic E-state index is 13.3. The Morgan fingerprint density at radius 1 is 0.974 bits per heavy atom. The monoisotopic (exact) mass is 518 g/mol. The van der Waals surface area contributed by atoms with Crippen LogP contribution in [-0.2, 0) is 10.3 Å². The van der Waals surface area contributed by atoms with Crippen molar-refractivity contribution in [2.24, 2.45) is 0 Å². The molecule has 1 aliphatic heterocycles. The zero-order chi connectivity index (χ0) is 27.6. The van der Waals surface area contributed by atoms with Gasteiger partial charge in [0.2, 0.25) is 5.88 Å². The maximum Gasteiger partial charge on any atom is 0.411 e. The number of pyridine rings is 1. The molecule has 2 atom stereocenters. The minimum atomic E-state index is -0.992. The van der Waals surface area contributed by atoms with Crippen LogP contribution in [0.2, 0.25) is 0 Å². The van der Waals surface area contributed by atoms with E-state index in [9.17, 15) is 15.0 Å². The Kier molecular flexibility index (Phi) is 7.81. The summed E-state index contributed by atoms with van der Waals surface area (Å²) < 4.78 is 11.7. The minimum absolute atomic E-state index is 0.162. The number of hydrogen-bond donors (Lipinski definition) is 2. The van der Waals surface area contributed by atoms with Gasteiger partial charge in [-0.3, -0.25) is 0 Å². The molecular formula is C31H38N2O5. The van der Waals surface area contributed by atoms with Crippen molar-refractivity contribution in [3.05, 3.63) is 84.1 Å². The number of ether oxygens (including phenoxy) is 2. The van der Waals surface area contributed by atoms with Gasteiger partial charge in [0.05, 0.1) is 17.2 Å². The fraction of sp³-hybridized carbons (Fsp3) is 0.419. The van der Waals surface area contributed by atoms with Crippen LogP contribution in [0, 0.1) is 0 Å². The molecule has 7 heteroatoms. The predicted octanol–water partition coefficient (Wildman–Crippen LogP) is 5.86. The lowest BCUT2D eigenvalue weighted by Gasteiger charge is -2.45. The number of carbonyl (C=O) groups is 1. The van der Waals surface area contributed by atoms with Gasteiger partial charge < -0.3 is 24.6 Å². The standard InChI is InChI=1S/C31H38N2O5/c1-22(23-11-13-24(14-12-23)25-15-16-27(32-19-25)37-21-30(4,5)36)33-18-17-31(38-28(33)34,20-29(2,3)35)26-9-7-6-8-10-26/h6-16,19,22,35-36H,17-18,20-21H2,1-5H3/t22-,31-/m0/s1. The summed E-state index contributed by atoms with van der Waals surface area (Å²) in [6.45, 7) is 9.53. The largest absolute Gasteiger partial charge is 0.475 e. The Morgan fingerprint density at radius 2 is 1.63 bits per heavy atom. The molecule has 7 nitrogen and oxygen atoms in total. The molecule has 2 aromatic carbocycles. The van der Waals surface area contributed by atoms with Crippen LogP contribution in [0.1, 0.15) is 64.6 Å². The van der Waals surface area contributed by atoms with Crippen molar-refractivity contribution in [2.75, 3.05) is 13.2 Å². The van der Waals surface area contributed by atoms with Gasteiger partial charge in [-0.1, -0.05) is 54.6 Å². The van der Waals surface area contributed by atoms with Crippen molar-refractivity contribution in [3.63, 3.8) is 0 Å². The highest BCUT2D eigenvalue weighted by molar-refractivity contribution is 5.70. The molecule has 1 aromatic heterocycles. The van der Waals surface area contributed by atoms with E-state index in [0.29, 0.717) is 25.3 Å². The summed E-state index contributed by atoms with van der Waals surface area (Å²) in [5.41, 5.74) is 1.05. The van der Waals surface area contributed by atoms with Gasteiger partial charge in [-0.2, -0.15) is 0 Å². The summed E-state index contributed by atoms with van der Waals surface area (Å²) in [5, 5.41) is 20.4. The first-order valence-electron chi connectivity index (χ1n) is 13.0. The van der Waals surface area contributed by atoms with E-state index in [1.54, 1.807) is 44.9 Å². The molecule has 1 saturated heterocycles. The minimum Gasteiger partial charge on any atom is -0.475 e. The van der Waals surface area contributed by atoms with Gasteiger partial charge in [-0.15, -0.1) is 0 Å². The molecule has 202 valence electrons. The van der Waals surface area contributed by atoms with Crippen molar-refractivity contribution < 1.29 is 24.5 Å². The smallest absolute Gasteiger partial charge is 0.411 e. The topological polar surface area (TPSA) is 92.1 Å². The SMILES string of the molecule is C[C@@H](c1ccc(-c2ccc(OCC(C)(C)O)nc2)cc1)N1CC[C@](CC(C)(C)O)(c2ccccc2)OC1=O. The fourth-order valence-corrected chi connectivity index (χ4v) is 4.91. The van der Waals surface area contributed by atoms with E-state index in [0.717, 1.165) is 22.3 Å². The average Bonchev–Trinajstić information content (AvgIpc) is 2.87. The lowest BCUT2D eigenvalue weighted by molar-refractivity contribution is -0.101. The molecule has 4 rings (SSSR count). The van der Waals surface area contributed by atoms with E-state index in [4.69, 9.17) is 9.47 Å². The van der Waals surface area contributed by atoms with Crippen molar-refractivity contribution in [2.45, 2.75) is 70.3 Å². The molecule has 1 aliphatic rings. The molecule has 2 N–H and O–H groups in total. The van der Waals surface area contributed by atoms with Crippen LogP contribution in [0.5, 0.6) is 5.88 Å². The molecule has 2 heterocycles. The van der Waals surface area contributed by atoms with Gasteiger partial charge in [-0.05, 0) is 57.4 Å². The third-order valence-electron chi connectivity index (χ3n) is 6.80. The van der Waals surface area contributed by atoms with Crippen LogP contribution in [0.4, 0.5) is 4.79 Å². The molecule has 0 saturated carbocycles. The van der Waals surface area contributed by atoms with E-state index in [-0.39, 0.29) is 18.7 Å². The summed E-state index contributed by atoms with van der Waals surface area (Å²) >= 11 is 0. The molecule has 1 amide bonds. The first-order valence-corrected chi connectivity index (χ1v) is 13.0. The first kappa shape index (κ1) is 27.6. The van der Waals surface area contributed by atoms with E-state index in [2.05, 4.69) is 4.98 Å². The molecule has 3 aromatic rings. The van der Waals surface area contributed by atoms with E-state index in [1.165, 1.54) is 0 Å². The molecule has 0 aliphatic carbocycles. The molecule has 38 heavy (non-hydrogen) atoms. The van der Waals surface area contributed by atoms with E-state index < -0.39 is 16.8 Å². The molecular weight excluding hydrogens is 480 g/mol. The summed E-state index contributed by atoms with van der Waals surface area (Å²) in [6, 6.07) is 21.3. The van der Waals surface area contributed by atoms with E-state index >= 15 is 0 Å². The highest BCUT2D eigenvalue weighted by Crippen LogP contribution is 2.42. The maximum absolute atomic E-state index is 13.3. The average molecular weight is 519 g/mol. The number of aliphatic hydroxyl groups is 2. The van der Waals surface area contributed by atoms with Crippen LogP contribution < -0.4 is 4.74 Å². The number of carbonyl (C=O) groups excluding carboxylic acids is 1. The quantitative estimate of drug-likeness (QED) is 0.369. The second-order valence-electron chi connectivity index (χ2n) is 11.4. The number of aromatic nitrogens is 1. The first-order chi connectivity index (χ1) is 17.9. The van der Waals surface area contributed by atoms with E-state index in [1.807, 2.05) is 67.6 Å². The van der Waals surface area contributed by atoms with Gasteiger partial charge in [0.25, 0.3) is 0 Å². The van der Waals surface area contributed by atoms with Gasteiger partial charge in [0.15, 0.2) is 0 Å². The number of rotatable bonds is 9. The lowest BCUT2D eigenvalue weighted by atomic mass is 9.80. The van der Waals surface area contributed by atoms with Gasteiger partial charge in [0, 0.05) is 37.2 Å². The van der Waals surface area contributed by atoms with Crippen molar-refractivity contribution in [1.82, 2.24) is 9.88 Å². The number of hydrogen-bond acceptors (Lipinski definition) is 6. The van der Waals surface area contributed by atoms with Crippen LogP contribution in [0.15, 0.2) is 72.9 Å². The Morgan fingerprint density at radius 3 is 2.18 bits per heavy atom. The van der Waals surface area contributed by atoms with Gasteiger partial charge >= 0.3 is 6.09 Å². The predicted molar refractivity (Wildman–Crippen MR) is 147 cm³/mol. The molecule has 0 bridgehead atoms. The molecule has 0 spiro atoms. The third-order valence-corrected chi connectivity index (χ3v) is 6.80. The number of cyclic esters (lactones) is 1. The zero-order valence-corrected chi connectivity index (χ0v) is 22.8. The van der Waals surface area contributed by atoms with Crippen molar-refractivity contribution in [1.29, 1.82) is 0 Å². The Bertz CT molecular complexity index is 1210. The van der Waals surface area contributed by atoms with Crippen LogP contribution in [0.25, 0.3) is 11.1 Å². The van der Waals surface area contributed by atoms with Crippen molar-refractivity contribution >= 4 is 6.09 Å². The van der Waals surface area contributed by atoms with Crippen LogP contribution >= 0.6 is 0 Å². The normalized spacial score (nSPS) is 19.1. The van der Waals surface area contributed by atoms with Gasteiger partial charge in [0.1, 0.15) is 12.2 Å². The zero-order valence-electron chi connectivity index (χ0n) is 22.8. The summed E-state index contributed by atoms with van der Waals surface area (Å²) in [7, 11) is 0. The van der Waals surface area contributed by atoms with Gasteiger partial charge in [-0.25, -0.2) is 9.78 Å². The van der Waals surface area contributed by atoms with Crippen LogP contribution in [0.3, 0.4) is 0 Å². The Hall–Kier alpha value is -3.42. The Labute approximate surface area is 225 Å². The fourth-order valence-electron chi connectivity index (χ4n) is 4.91. The highest BCUT2D eigenvalue weighted by Gasteiger charge is 2.46. The number of benzene rings is 2. The highest BCUT2D eigenvalue weighted by atomic mass is 16.6. The second kappa shape index (κ2) is 10.8. The molecule has 1 fully saturated rings. The third kappa shape index (κ3) is 6.71.